The second-order valence-corrected chi connectivity index (χ2v) is 4.52. The van der Waals surface area contributed by atoms with E-state index in [4.69, 9.17) is 4.74 Å². The first kappa shape index (κ1) is 16.9. The van der Waals surface area contributed by atoms with Crippen molar-refractivity contribution in [2.24, 2.45) is 0 Å². The summed E-state index contributed by atoms with van der Waals surface area (Å²) in [4.78, 5) is 11.6. The van der Waals surface area contributed by atoms with Crippen LogP contribution in [-0.4, -0.2) is 31.0 Å². The van der Waals surface area contributed by atoms with Gasteiger partial charge in [0, 0.05) is 11.9 Å². The van der Waals surface area contributed by atoms with Gasteiger partial charge in [-0.3, -0.25) is 4.79 Å². The molecule has 3 nitrogen and oxygen atoms in total. The summed E-state index contributed by atoms with van der Waals surface area (Å²) in [5.41, 5.74) is -2.10. The van der Waals surface area contributed by atoms with E-state index in [-0.39, 0.29) is 13.2 Å². The van der Waals surface area contributed by atoms with Gasteiger partial charge in [-0.05, 0) is 12.1 Å². The zero-order valence-corrected chi connectivity index (χ0v) is 11.9. The summed E-state index contributed by atoms with van der Waals surface area (Å²) >= 11 is 3.13. The number of nitrogens with one attached hydrogen (secondary N) is 1. The molecule has 0 heterocycles. The fourth-order valence-corrected chi connectivity index (χ4v) is 1.64. The molecule has 0 radical (unpaired) electrons. The van der Waals surface area contributed by atoms with E-state index in [1.54, 1.807) is 0 Å². The number of carbonyl (C=O) groups excluding carboxylic acids is 1. The van der Waals surface area contributed by atoms with Crippen LogP contribution in [0.4, 0.5) is 17.6 Å². The molecule has 8 heteroatoms. The molecule has 0 aliphatic rings. The van der Waals surface area contributed by atoms with Gasteiger partial charge in [-0.2, -0.15) is 13.2 Å². The number of amides is 1. The van der Waals surface area contributed by atoms with Crippen LogP contribution in [-0.2, 0) is 10.9 Å². The maximum atomic E-state index is 13.6. The third-order valence-electron chi connectivity index (χ3n) is 2.30. The predicted octanol–water partition coefficient (Wildman–Crippen LogP) is 2.99. The molecule has 20 heavy (non-hydrogen) atoms. The molecule has 1 aromatic carbocycles. The summed E-state index contributed by atoms with van der Waals surface area (Å²) in [6, 6.07) is 2.58. The third-order valence-corrected chi connectivity index (χ3v) is 2.63. The Morgan fingerprint density at radius 3 is 2.60 bits per heavy atom. The minimum atomic E-state index is -4.83. The van der Waals surface area contributed by atoms with Crippen LogP contribution >= 0.6 is 15.9 Å². The standard InChI is InChI=1S/C12H12BrF4NO2/c13-4-6-20-7-5-18-11(19)8-2-1-3-9(10(8)14)12(15,16)17/h1-3H,4-7H2,(H,18,19). The second-order valence-electron chi connectivity index (χ2n) is 3.72. The lowest BCUT2D eigenvalue weighted by atomic mass is 10.1. The Kier molecular flexibility index (Phi) is 6.41. The molecule has 0 aromatic heterocycles. The van der Waals surface area contributed by atoms with E-state index in [1.807, 2.05) is 0 Å². The van der Waals surface area contributed by atoms with Crippen LogP contribution in [0.3, 0.4) is 0 Å². The van der Waals surface area contributed by atoms with Crippen molar-refractivity contribution in [3.05, 3.63) is 35.1 Å². The summed E-state index contributed by atoms with van der Waals surface area (Å²) in [5, 5.41) is 2.92. The van der Waals surface area contributed by atoms with Crippen molar-refractivity contribution in [1.82, 2.24) is 5.32 Å². The van der Waals surface area contributed by atoms with Crippen LogP contribution in [0.1, 0.15) is 15.9 Å². The topological polar surface area (TPSA) is 38.3 Å². The molecule has 0 aliphatic heterocycles. The number of alkyl halides is 4. The van der Waals surface area contributed by atoms with E-state index in [9.17, 15) is 22.4 Å². The molecular weight excluding hydrogens is 346 g/mol. The van der Waals surface area contributed by atoms with E-state index in [0.29, 0.717) is 18.0 Å². The average molecular weight is 358 g/mol. The number of hydrogen-bond acceptors (Lipinski definition) is 2. The highest BCUT2D eigenvalue weighted by Crippen LogP contribution is 2.32. The molecule has 1 rings (SSSR count). The van der Waals surface area contributed by atoms with Crippen molar-refractivity contribution < 1.29 is 27.1 Å². The Morgan fingerprint density at radius 2 is 2.00 bits per heavy atom. The fourth-order valence-electron chi connectivity index (χ4n) is 1.41. The van der Waals surface area contributed by atoms with Crippen LogP contribution in [0.2, 0.25) is 0 Å². The van der Waals surface area contributed by atoms with Crippen LogP contribution in [0.5, 0.6) is 0 Å². The zero-order valence-electron chi connectivity index (χ0n) is 10.3. The van der Waals surface area contributed by atoms with Gasteiger partial charge in [-0.15, -0.1) is 0 Å². The first-order chi connectivity index (χ1) is 9.38. The highest BCUT2D eigenvalue weighted by atomic mass is 79.9. The summed E-state index contributed by atoms with van der Waals surface area (Å²) in [6.45, 7) is 0.716. The summed E-state index contributed by atoms with van der Waals surface area (Å²) < 4.78 is 56.1. The Balaban J connectivity index is 2.69. The maximum absolute atomic E-state index is 13.6. The summed E-state index contributed by atoms with van der Waals surface area (Å²) in [7, 11) is 0. The Hall–Kier alpha value is -1.15. The molecular formula is C12H12BrF4NO2. The van der Waals surface area contributed by atoms with Gasteiger partial charge in [0.05, 0.1) is 24.3 Å². The van der Waals surface area contributed by atoms with Gasteiger partial charge in [0.1, 0.15) is 5.82 Å². The lowest BCUT2D eigenvalue weighted by molar-refractivity contribution is -0.140. The zero-order chi connectivity index (χ0) is 15.2. The number of ether oxygens (including phenoxy) is 1. The number of rotatable bonds is 6. The van der Waals surface area contributed by atoms with Gasteiger partial charge in [0.25, 0.3) is 5.91 Å². The first-order valence-corrected chi connectivity index (χ1v) is 6.77. The van der Waals surface area contributed by atoms with E-state index in [2.05, 4.69) is 21.2 Å². The number of halogens is 5. The third kappa shape index (κ3) is 4.75. The lowest BCUT2D eigenvalue weighted by Gasteiger charge is -2.11. The van der Waals surface area contributed by atoms with Crippen LogP contribution < -0.4 is 5.32 Å². The smallest absolute Gasteiger partial charge is 0.379 e. The van der Waals surface area contributed by atoms with Gasteiger partial charge in [0.15, 0.2) is 0 Å². The van der Waals surface area contributed by atoms with Crippen molar-refractivity contribution >= 4 is 21.8 Å². The van der Waals surface area contributed by atoms with Crippen molar-refractivity contribution in [2.45, 2.75) is 6.18 Å². The van der Waals surface area contributed by atoms with E-state index < -0.39 is 29.0 Å². The van der Waals surface area contributed by atoms with Crippen molar-refractivity contribution in [3.8, 4) is 0 Å². The van der Waals surface area contributed by atoms with Crippen LogP contribution in [0, 0.1) is 5.82 Å². The van der Waals surface area contributed by atoms with Crippen LogP contribution in [0.25, 0.3) is 0 Å². The Morgan fingerprint density at radius 1 is 1.30 bits per heavy atom. The molecule has 112 valence electrons. The molecule has 0 bridgehead atoms. The molecule has 0 aliphatic carbocycles. The lowest BCUT2D eigenvalue weighted by Crippen LogP contribution is -2.28. The molecule has 1 N–H and O–H groups in total. The monoisotopic (exact) mass is 357 g/mol. The summed E-state index contributed by atoms with van der Waals surface area (Å²) in [5.74, 6) is -2.48. The van der Waals surface area contributed by atoms with E-state index in [0.717, 1.165) is 12.1 Å². The molecule has 0 spiro atoms. The van der Waals surface area contributed by atoms with Gasteiger partial charge in [-0.1, -0.05) is 22.0 Å². The van der Waals surface area contributed by atoms with Crippen molar-refractivity contribution in [3.63, 3.8) is 0 Å². The predicted molar refractivity (Wildman–Crippen MR) is 68.3 cm³/mol. The fraction of sp³-hybridized carbons (Fsp3) is 0.417. The Labute approximate surface area is 121 Å². The van der Waals surface area contributed by atoms with Crippen molar-refractivity contribution in [2.75, 3.05) is 25.1 Å². The first-order valence-electron chi connectivity index (χ1n) is 5.65. The second kappa shape index (κ2) is 7.58. The molecule has 1 aromatic rings. The minimum absolute atomic E-state index is 0.0848. The highest BCUT2D eigenvalue weighted by Gasteiger charge is 2.35. The van der Waals surface area contributed by atoms with Gasteiger partial charge >= 0.3 is 6.18 Å². The quantitative estimate of drug-likeness (QED) is 0.483. The molecule has 0 saturated carbocycles. The largest absolute Gasteiger partial charge is 0.419 e. The van der Waals surface area contributed by atoms with E-state index in [1.165, 1.54) is 0 Å². The normalized spacial score (nSPS) is 11.4. The summed E-state index contributed by atoms with van der Waals surface area (Å²) in [6.07, 6.45) is -4.83. The molecule has 0 fully saturated rings. The minimum Gasteiger partial charge on any atom is -0.379 e. The molecule has 1 amide bonds. The number of hydrogen-bond donors (Lipinski definition) is 1. The van der Waals surface area contributed by atoms with Gasteiger partial charge < -0.3 is 10.1 Å². The average Bonchev–Trinajstić information content (AvgIpc) is 2.37. The van der Waals surface area contributed by atoms with Gasteiger partial charge in [0.2, 0.25) is 0 Å². The molecule has 0 atom stereocenters. The van der Waals surface area contributed by atoms with Crippen LogP contribution in [0.15, 0.2) is 18.2 Å². The van der Waals surface area contributed by atoms with E-state index >= 15 is 0 Å². The highest BCUT2D eigenvalue weighted by molar-refractivity contribution is 9.09. The number of benzene rings is 1. The molecule has 0 saturated heterocycles. The van der Waals surface area contributed by atoms with Gasteiger partial charge in [-0.25, -0.2) is 4.39 Å². The molecule has 0 unspecified atom stereocenters. The SMILES string of the molecule is O=C(NCCOCCBr)c1cccc(C(F)(F)F)c1F. The number of carbonyl (C=O) groups is 1. The maximum Gasteiger partial charge on any atom is 0.419 e. The van der Waals surface area contributed by atoms with Crippen molar-refractivity contribution in [1.29, 1.82) is 0 Å². The Bertz CT molecular complexity index is 465.